The first kappa shape index (κ1) is 26.4. The number of guanidine groups is 1. The van der Waals surface area contributed by atoms with Crippen LogP contribution < -0.4 is 26.8 Å². The van der Waals surface area contributed by atoms with Crippen molar-refractivity contribution in [3.05, 3.63) is 94.1 Å². The van der Waals surface area contributed by atoms with E-state index in [1.807, 2.05) is 0 Å². The van der Waals surface area contributed by atoms with E-state index in [-0.39, 0.29) is 21.8 Å². The highest BCUT2D eigenvalue weighted by molar-refractivity contribution is 9.10. The smallest absolute Gasteiger partial charge is 0.285 e. The fraction of sp³-hybridized carbons (Fsp3) is 0.0417. The number of halogens is 1. The number of benzene rings is 3. The van der Waals surface area contributed by atoms with E-state index in [2.05, 4.69) is 31.0 Å². The van der Waals surface area contributed by atoms with Crippen molar-refractivity contribution in [2.45, 2.75) is 4.90 Å². The number of ether oxygens (including phenoxy) is 1. The van der Waals surface area contributed by atoms with Crippen LogP contribution in [0.3, 0.4) is 0 Å². The van der Waals surface area contributed by atoms with Crippen LogP contribution in [0.4, 0.5) is 5.69 Å². The molecule has 0 unspecified atom stereocenters. The molecule has 3 aromatic carbocycles. The number of para-hydroxylation sites is 1. The van der Waals surface area contributed by atoms with Crippen molar-refractivity contribution in [2.75, 3.05) is 12.4 Å². The molecule has 0 fully saturated rings. The average Bonchev–Trinajstić information content (AvgIpc) is 2.84. The monoisotopic (exact) mass is 571 g/mol. The third kappa shape index (κ3) is 6.93. The summed E-state index contributed by atoms with van der Waals surface area (Å²) < 4.78 is 33.5. The first-order chi connectivity index (χ1) is 17.1. The Bertz CT molecular complexity index is 1430. The molecule has 12 heteroatoms. The topological polar surface area (TPSA) is 166 Å². The number of rotatable bonds is 8. The quantitative estimate of drug-likeness (QED) is 0.183. The summed E-state index contributed by atoms with van der Waals surface area (Å²) in [7, 11) is -2.64. The highest BCUT2D eigenvalue weighted by atomic mass is 79.9. The van der Waals surface area contributed by atoms with Crippen LogP contribution in [-0.2, 0) is 14.8 Å². The number of nitrogens with two attached hydrogens (primary N) is 2. The SMILES string of the molecule is COc1ccccc1C(=O)N/C(=C/c1ccc(Br)cc1)C(=O)Nc1ccc(S(=O)(=O)N=C(N)N)cc1. The van der Waals surface area contributed by atoms with Gasteiger partial charge in [-0.3, -0.25) is 9.59 Å². The maximum atomic E-state index is 13.1. The molecule has 186 valence electrons. The van der Waals surface area contributed by atoms with Gasteiger partial charge in [0.15, 0.2) is 0 Å². The molecule has 0 radical (unpaired) electrons. The van der Waals surface area contributed by atoms with E-state index < -0.39 is 27.8 Å². The van der Waals surface area contributed by atoms with E-state index in [0.29, 0.717) is 11.3 Å². The number of carbonyl (C=O) groups excluding carboxylic acids is 2. The van der Waals surface area contributed by atoms with E-state index in [1.165, 1.54) is 37.5 Å². The van der Waals surface area contributed by atoms with Gasteiger partial charge in [-0.25, -0.2) is 0 Å². The van der Waals surface area contributed by atoms with Gasteiger partial charge in [0.05, 0.1) is 17.6 Å². The summed E-state index contributed by atoms with van der Waals surface area (Å²) in [6.45, 7) is 0. The van der Waals surface area contributed by atoms with E-state index in [4.69, 9.17) is 16.2 Å². The van der Waals surface area contributed by atoms with Gasteiger partial charge in [0, 0.05) is 10.2 Å². The van der Waals surface area contributed by atoms with Gasteiger partial charge in [0.25, 0.3) is 21.8 Å². The number of nitrogens with one attached hydrogen (secondary N) is 2. The summed E-state index contributed by atoms with van der Waals surface area (Å²) in [5, 5.41) is 5.26. The Balaban J connectivity index is 1.89. The van der Waals surface area contributed by atoms with Gasteiger partial charge < -0.3 is 26.8 Å². The van der Waals surface area contributed by atoms with Gasteiger partial charge in [-0.05, 0) is 60.2 Å². The van der Waals surface area contributed by atoms with Crippen LogP contribution >= 0.6 is 15.9 Å². The van der Waals surface area contributed by atoms with Crippen LogP contribution in [-0.4, -0.2) is 33.3 Å². The second-order valence-electron chi connectivity index (χ2n) is 7.23. The molecule has 0 aromatic heterocycles. The van der Waals surface area contributed by atoms with Gasteiger partial charge in [0.2, 0.25) is 5.96 Å². The molecule has 10 nitrogen and oxygen atoms in total. The number of nitrogens with zero attached hydrogens (tertiary/aromatic N) is 1. The second-order valence-corrected chi connectivity index (χ2v) is 9.75. The summed E-state index contributed by atoms with van der Waals surface area (Å²) in [5.41, 5.74) is 11.4. The molecule has 0 aliphatic rings. The third-order valence-corrected chi connectivity index (χ3v) is 6.51. The molecule has 0 aliphatic carbocycles. The fourth-order valence-electron chi connectivity index (χ4n) is 3.01. The van der Waals surface area contributed by atoms with Gasteiger partial charge in [-0.1, -0.05) is 40.2 Å². The minimum Gasteiger partial charge on any atom is -0.496 e. The maximum absolute atomic E-state index is 13.1. The van der Waals surface area contributed by atoms with E-state index in [0.717, 1.165) is 4.47 Å². The predicted molar refractivity (Wildman–Crippen MR) is 141 cm³/mol. The molecule has 0 saturated heterocycles. The summed E-state index contributed by atoms with van der Waals surface area (Å²) in [6.07, 6.45) is 1.51. The number of anilines is 1. The lowest BCUT2D eigenvalue weighted by atomic mass is 10.1. The van der Waals surface area contributed by atoms with Crippen LogP contribution in [0.5, 0.6) is 5.75 Å². The number of hydrogen-bond acceptors (Lipinski definition) is 5. The molecular formula is C24H22BrN5O5S. The lowest BCUT2D eigenvalue weighted by Crippen LogP contribution is -2.31. The Morgan fingerprint density at radius 2 is 1.61 bits per heavy atom. The molecule has 36 heavy (non-hydrogen) atoms. The van der Waals surface area contributed by atoms with Gasteiger partial charge in [0.1, 0.15) is 11.4 Å². The zero-order chi connectivity index (χ0) is 26.3. The van der Waals surface area contributed by atoms with Crippen molar-refractivity contribution >= 4 is 55.5 Å². The van der Waals surface area contributed by atoms with E-state index >= 15 is 0 Å². The standard InChI is InChI=1S/C24H22BrN5O5S/c1-35-21-5-3-2-4-19(21)22(31)29-20(14-15-6-8-16(25)9-7-15)23(32)28-17-10-12-18(13-11-17)36(33,34)30-24(26)27/h2-14H,1H3,(H,28,32)(H,29,31)(H4,26,27,30)/b20-14+. The van der Waals surface area contributed by atoms with Gasteiger partial charge >= 0.3 is 0 Å². The molecule has 0 atom stereocenters. The van der Waals surface area contributed by atoms with Crippen LogP contribution in [0.25, 0.3) is 6.08 Å². The third-order valence-electron chi connectivity index (χ3n) is 4.66. The summed E-state index contributed by atoms with van der Waals surface area (Å²) >= 11 is 3.36. The largest absolute Gasteiger partial charge is 0.496 e. The molecule has 0 spiro atoms. The van der Waals surface area contributed by atoms with Crippen molar-refractivity contribution < 1.29 is 22.7 Å². The highest BCUT2D eigenvalue weighted by Crippen LogP contribution is 2.20. The molecular weight excluding hydrogens is 550 g/mol. The Kier molecular flexibility index (Phi) is 8.46. The van der Waals surface area contributed by atoms with Gasteiger partial charge in [-0.15, -0.1) is 4.40 Å². The minimum absolute atomic E-state index is 0.0505. The fourth-order valence-corrected chi connectivity index (χ4v) is 4.13. The van der Waals surface area contributed by atoms with Crippen LogP contribution in [0.1, 0.15) is 15.9 Å². The minimum atomic E-state index is -4.08. The molecule has 3 rings (SSSR count). The van der Waals surface area contributed by atoms with Crippen LogP contribution in [0.15, 0.2) is 92.3 Å². The maximum Gasteiger partial charge on any atom is 0.285 e. The highest BCUT2D eigenvalue weighted by Gasteiger charge is 2.18. The number of carbonyl (C=O) groups is 2. The predicted octanol–water partition coefficient (Wildman–Crippen LogP) is 2.83. The molecule has 0 bridgehead atoms. The number of hydrogen-bond donors (Lipinski definition) is 4. The van der Waals surface area contributed by atoms with E-state index in [9.17, 15) is 18.0 Å². The number of amides is 2. The van der Waals surface area contributed by atoms with Crippen molar-refractivity contribution in [3.8, 4) is 5.75 Å². The zero-order valence-corrected chi connectivity index (χ0v) is 21.3. The zero-order valence-electron chi connectivity index (χ0n) is 18.9. The molecule has 6 N–H and O–H groups in total. The normalized spacial score (nSPS) is 11.3. The Labute approximate surface area is 216 Å². The number of sulfonamides is 1. The summed E-state index contributed by atoms with van der Waals surface area (Å²) in [6, 6.07) is 18.9. The molecule has 2 amide bonds. The van der Waals surface area contributed by atoms with Crippen molar-refractivity contribution in [1.82, 2.24) is 5.32 Å². The van der Waals surface area contributed by atoms with Gasteiger partial charge in [-0.2, -0.15) is 8.42 Å². The first-order valence-electron chi connectivity index (χ1n) is 10.3. The second kappa shape index (κ2) is 11.5. The lowest BCUT2D eigenvalue weighted by molar-refractivity contribution is -0.113. The Morgan fingerprint density at radius 1 is 0.972 bits per heavy atom. The van der Waals surface area contributed by atoms with Crippen molar-refractivity contribution in [1.29, 1.82) is 0 Å². The Morgan fingerprint density at radius 3 is 2.22 bits per heavy atom. The lowest BCUT2D eigenvalue weighted by Gasteiger charge is -2.13. The Hall–Kier alpha value is -4.16. The molecule has 0 heterocycles. The molecule has 3 aromatic rings. The van der Waals surface area contributed by atoms with Crippen LogP contribution in [0.2, 0.25) is 0 Å². The summed E-state index contributed by atoms with van der Waals surface area (Å²) in [5.74, 6) is -1.44. The summed E-state index contributed by atoms with van der Waals surface area (Å²) in [4.78, 5) is 25.9. The van der Waals surface area contributed by atoms with Crippen LogP contribution in [0, 0.1) is 0 Å². The average molecular weight is 572 g/mol. The molecule has 0 aliphatic heterocycles. The molecule has 0 saturated carbocycles. The van der Waals surface area contributed by atoms with Crippen molar-refractivity contribution in [3.63, 3.8) is 0 Å². The van der Waals surface area contributed by atoms with Crippen molar-refractivity contribution in [2.24, 2.45) is 15.9 Å². The van der Waals surface area contributed by atoms with E-state index in [1.54, 1.807) is 48.5 Å². The first-order valence-corrected chi connectivity index (χ1v) is 12.5. The number of methoxy groups -OCH3 is 1.